The molecule has 1 heterocycles. The molecule has 0 aromatic carbocycles. The summed E-state index contributed by atoms with van der Waals surface area (Å²) < 4.78 is 5.12. The number of nitrogens with zero attached hydrogens (tertiary/aromatic N) is 1. The fourth-order valence-electron chi connectivity index (χ4n) is 1.27. The average molecular weight is 186 g/mol. The van der Waals surface area contributed by atoms with Crippen LogP contribution in [0.1, 0.15) is 13.8 Å². The number of rotatable bonds is 2. The van der Waals surface area contributed by atoms with Gasteiger partial charge < -0.3 is 9.64 Å². The molecule has 13 heavy (non-hydrogen) atoms. The number of hydrogen-bond donors (Lipinski definition) is 0. The van der Waals surface area contributed by atoms with E-state index in [0.29, 0.717) is 26.3 Å². The molecule has 1 fully saturated rings. The van der Waals surface area contributed by atoms with Gasteiger partial charge >= 0.3 is 0 Å². The van der Waals surface area contributed by atoms with Crippen molar-refractivity contribution in [3.05, 3.63) is 0 Å². The van der Waals surface area contributed by atoms with Crippen molar-refractivity contribution in [2.75, 3.05) is 26.3 Å². The van der Waals surface area contributed by atoms with Crippen molar-refractivity contribution in [2.24, 2.45) is 5.92 Å². The Morgan fingerprint density at radius 1 is 1.31 bits per heavy atom. The largest absolute Gasteiger partial charge is 0.378 e. The first-order valence-electron chi connectivity index (χ1n) is 4.65. The third-order valence-electron chi connectivity index (χ3n) is 2.42. The monoisotopic (exact) mass is 186 g/mol. The fourth-order valence-corrected chi connectivity index (χ4v) is 1.27. The highest BCUT2D eigenvalue weighted by Crippen LogP contribution is 2.09. The summed E-state index contributed by atoms with van der Waals surface area (Å²) in [5.41, 5.74) is 0. The molecule has 75 valence electrons. The predicted octanol–water partition coefficient (Wildman–Crippen LogP) is 0.300. The zero-order valence-corrected chi connectivity index (χ0v) is 8.16. The molecule has 1 saturated heterocycles. The molecule has 2 unspecified atom stereocenters. The van der Waals surface area contributed by atoms with Crippen LogP contribution in [0.3, 0.4) is 0 Å². The minimum atomic E-state index is -0.824. The van der Waals surface area contributed by atoms with Gasteiger partial charge in [0.2, 0.25) is 5.91 Å². The predicted molar refractivity (Wildman–Crippen MR) is 46.7 cm³/mol. The van der Waals surface area contributed by atoms with Gasteiger partial charge in [-0.3, -0.25) is 4.79 Å². The van der Waals surface area contributed by atoms with E-state index in [1.807, 2.05) is 0 Å². The summed E-state index contributed by atoms with van der Waals surface area (Å²) in [6.45, 7) is 5.64. The van der Waals surface area contributed by atoms with Gasteiger partial charge in [0.1, 0.15) is 6.10 Å². The van der Waals surface area contributed by atoms with Crippen molar-refractivity contribution in [1.29, 1.82) is 0 Å². The first-order valence-corrected chi connectivity index (χ1v) is 4.65. The maximum Gasteiger partial charge on any atom is 0.228 e. The number of morpholine rings is 1. The van der Waals surface area contributed by atoms with Gasteiger partial charge in [-0.15, -0.1) is 0 Å². The molecule has 2 atom stereocenters. The molecule has 1 radical (unpaired) electrons. The van der Waals surface area contributed by atoms with Crippen molar-refractivity contribution >= 4 is 5.91 Å². The van der Waals surface area contributed by atoms with Crippen molar-refractivity contribution in [1.82, 2.24) is 4.90 Å². The minimum absolute atomic E-state index is 0.0363. The van der Waals surface area contributed by atoms with E-state index >= 15 is 0 Å². The van der Waals surface area contributed by atoms with Crippen molar-refractivity contribution in [2.45, 2.75) is 20.0 Å². The Hall–Kier alpha value is -0.610. The quantitative estimate of drug-likeness (QED) is 0.622. The highest BCUT2D eigenvalue weighted by atomic mass is 16.5. The van der Waals surface area contributed by atoms with Crippen molar-refractivity contribution < 1.29 is 14.6 Å². The van der Waals surface area contributed by atoms with E-state index in [1.165, 1.54) is 6.92 Å². The van der Waals surface area contributed by atoms with Crippen LogP contribution in [-0.4, -0.2) is 43.2 Å². The van der Waals surface area contributed by atoms with E-state index in [0.717, 1.165) is 0 Å². The molecular formula is C9H16NO3. The number of hydrogen-bond acceptors (Lipinski definition) is 2. The van der Waals surface area contributed by atoms with Gasteiger partial charge in [-0.1, -0.05) is 6.92 Å². The second-order valence-corrected chi connectivity index (χ2v) is 3.43. The van der Waals surface area contributed by atoms with Gasteiger partial charge in [0.25, 0.3) is 0 Å². The second-order valence-electron chi connectivity index (χ2n) is 3.43. The fraction of sp³-hybridized carbons (Fsp3) is 0.889. The van der Waals surface area contributed by atoms with Gasteiger partial charge in [0.05, 0.1) is 19.1 Å². The molecule has 1 aliphatic rings. The zero-order valence-electron chi connectivity index (χ0n) is 8.16. The zero-order chi connectivity index (χ0) is 9.84. The lowest BCUT2D eigenvalue weighted by Crippen LogP contribution is -2.45. The summed E-state index contributed by atoms with van der Waals surface area (Å²) >= 11 is 0. The highest BCUT2D eigenvalue weighted by molar-refractivity contribution is 5.79. The molecular weight excluding hydrogens is 170 g/mol. The third kappa shape index (κ3) is 2.67. The molecule has 0 aromatic heterocycles. The molecule has 1 amide bonds. The van der Waals surface area contributed by atoms with Crippen LogP contribution in [0.15, 0.2) is 0 Å². The molecule has 0 aliphatic carbocycles. The third-order valence-corrected chi connectivity index (χ3v) is 2.42. The number of amides is 1. The Kier molecular flexibility index (Phi) is 3.69. The summed E-state index contributed by atoms with van der Waals surface area (Å²) in [4.78, 5) is 13.3. The second kappa shape index (κ2) is 4.58. The molecule has 0 bridgehead atoms. The van der Waals surface area contributed by atoms with E-state index < -0.39 is 12.0 Å². The Balaban J connectivity index is 2.45. The van der Waals surface area contributed by atoms with E-state index in [1.54, 1.807) is 11.8 Å². The first kappa shape index (κ1) is 10.5. The van der Waals surface area contributed by atoms with Gasteiger partial charge in [0, 0.05) is 13.1 Å². The smallest absolute Gasteiger partial charge is 0.228 e. The van der Waals surface area contributed by atoms with Crippen LogP contribution >= 0.6 is 0 Å². The Morgan fingerprint density at radius 2 is 1.85 bits per heavy atom. The summed E-state index contributed by atoms with van der Waals surface area (Å²) in [6.07, 6.45) is -0.824. The average Bonchev–Trinajstić information content (AvgIpc) is 2.17. The van der Waals surface area contributed by atoms with Crippen molar-refractivity contribution in [3.8, 4) is 0 Å². The van der Waals surface area contributed by atoms with Gasteiger partial charge in [-0.05, 0) is 6.92 Å². The van der Waals surface area contributed by atoms with E-state index in [-0.39, 0.29) is 5.91 Å². The normalized spacial score (nSPS) is 22.5. The minimum Gasteiger partial charge on any atom is -0.378 e. The van der Waals surface area contributed by atoms with Crippen LogP contribution in [-0.2, 0) is 14.6 Å². The first-order chi connectivity index (χ1) is 6.13. The van der Waals surface area contributed by atoms with Crippen LogP contribution in [0.4, 0.5) is 0 Å². The molecule has 0 spiro atoms. The number of carbonyl (C=O) groups excluding carboxylic acids is 1. The van der Waals surface area contributed by atoms with E-state index in [2.05, 4.69) is 0 Å². The molecule has 0 N–H and O–H groups in total. The SMILES string of the molecule is CC([O])C(C)C(=O)N1CCOCC1. The van der Waals surface area contributed by atoms with Crippen LogP contribution in [0.2, 0.25) is 0 Å². The summed E-state index contributed by atoms with van der Waals surface area (Å²) in [7, 11) is 0. The molecule has 1 aliphatic heterocycles. The lowest BCUT2D eigenvalue weighted by atomic mass is 10.0. The van der Waals surface area contributed by atoms with Crippen LogP contribution < -0.4 is 0 Å². The number of carbonyl (C=O) groups is 1. The van der Waals surface area contributed by atoms with Gasteiger partial charge in [-0.2, -0.15) is 0 Å². The van der Waals surface area contributed by atoms with Crippen LogP contribution in [0, 0.1) is 5.92 Å². The van der Waals surface area contributed by atoms with Crippen LogP contribution in [0.25, 0.3) is 0 Å². The summed E-state index contributed by atoms with van der Waals surface area (Å²) in [5.74, 6) is -0.455. The Bertz CT molecular complexity index is 176. The maximum absolute atomic E-state index is 11.6. The molecule has 0 aromatic rings. The lowest BCUT2D eigenvalue weighted by Gasteiger charge is -2.29. The topological polar surface area (TPSA) is 49.4 Å². The maximum atomic E-state index is 11.6. The van der Waals surface area contributed by atoms with E-state index in [4.69, 9.17) is 4.74 Å². The van der Waals surface area contributed by atoms with Crippen molar-refractivity contribution in [3.63, 3.8) is 0 Å². The van der Waals surface area contributed by atoms with Crippen LogP contribution in [0.5, 0.6) is 0 Å². The van der Waals surface area contributed by atoms with Gasteiger partial charge in [0.15, 0.2) is 0 Å². The molecule has 1 rings (SSSR count). The van der Waals surface area contributed by atoms with Gasteiger partial charge in [-0.25, -0.2) is 5.11 Å². The summed E-state index contributed by atoms with van der Waals surface area (Å²) in [5, 5.41) is 11.0. The summed E-state index contributed by atoms with van der Waals surface area (Å²) in [6, 6.07) is 0. The Morgan fingerprint density at radius 3 is 2.31 bits per heavy atom. The lowest BCUT2D eigenvalue weighted by molar-refractivity contribution is -0.143. The standard InChI is InChI=1S/C9H16NO3/c1-7(8(2)11)9(12)10-3-5-13-6-4-10/h7-8H,3-6H2,1-2H3. The molecule has 0 saturated carbocycles. The van der Waals surface area contributed by atoms with E-state index in [9.17, 15) is 9.90 Å². The number of ether oxygens (including phenoxy) is 1. The molecule has 4 heteroatoms. The molecule has 4 nitrogen and oxygen atoms in total. The Labute approximate surface area is 78.5 Å². The highest BCUT2D eigenvalue weighted by Gasteiger charge is 2.25.